The molecule has 2 aromatic rings. The number of hydrogen-bond acceptors (Lipinski definition) is 7. The molecule has 1 aliphatic heterocycles. The van der Waals surface area contributed by atoms with E-state index >= 15 is 0 Å². The van der Waals surface area contributed by atoms with E-state index in [1.165, 1.54) is 6.33 Å². The van der Waals surface area contributed by atoms with Crippen LogP contribution in [0.25, 0.3) is 0 Å². The summed E-state index contributed by atoms with van der Waals surface area (Å²) in [5.41, 5.74) is 0.594. The molecule has 0 saturated carbocycles. The Morgan fingerprint density at radius 3 is 3.00 bits per heavy atom. The van der Waals surface area contributed by atoms with Crippen LogP contribution in [0.1, 0.15) is 41.7 Å². The Hall–Kier alpha value is -2.48. The first-order chi connectivity index (χ1) is 12.0. The number of hydrogen-bond donors (Lipinski definition) is 2. The molecule has 3 heterocycles. The summed E-state index contributed by atoms with van der Waals surface area (Å²) in [6.07, 6.45) is 3.66. The number of rotatable bonds is 5. The van der Waals surface area contributed by atoms with Crippen molar-refractivity contribution in [2.75, 3.05) is 24.5 Å². The van der Waals surface area contributed by atoms with Gasteiger partial charge >= 0.3 is 0 Å². The van der Waals surface area contributed by atoms with Gasteiger partial charge in [0.25, 0.3) is 5.91 Å². The Bertz CT molecular complexity index is 747. The van der Waals surface area contributed by atoms with Gasteiger partial charge < -0.3 is 19.8 Å². The standard InChI is InChI=1S/C17H23N5O3/c1-3-13-8-14(25-21-13)16(23)18-9-17(24)5-4-6-22(10-17)15-7-12(2)19-11-20-15/h7-8,11,24H,3-6,9-10H2,1-2H3,(H,18,23)/t17-/m1/s1. The highest BCUT2D eigenvalue weighted by molar-refractivity contribution is 5.91. The lowest BCUT2D eigenvalue weighted by Crippen LogP contribution is -2.54. The van der Waals surface area contributed by atoms with Crippen molar-refractivity contribution in [1.82, 2.24) is 20.4 Å². The Morgan fingerprint density at radius 1 is 1.44 bits per heavy atom. The average Bonchev–Trinajstić information content (AvgIpc) is 3.09. The number of carbonyl (C=O) groups excluding carboxylic acids is 1. The van der Waals surface area contributed by atoms with Crippen LogP contribution >= 0.6 is 0 Å². The number of nitrogens with zero attached hydrogens (tertiary/aromatic N) is 4. The first-order valence-corrected chi connectivity index (χ1v) is 8.49. The van der Waals surface area contributed by atoms with Gasteiger partial charge in [-0.2, -0.15) is 0 Å². The van der Waals surface area contributed by atoms with Crippen molar-refractivity contribution < 1.29 is 14.4 Å². The number of β-amino-alcohol motifs (C(OH)–C–C–N with tert-alkyl or cyclic N) is 1. The maximum absolute atomic E-state index is 12.2. The molecule has 0 radical (unpaired) electrons. The molecule has 0 bridgehead atoms. The summed E-state index contributed by atoms with van der Waals surface area (Å²) in [7, 11) is 0. The summed E-state index contributed by atoms with van der Waals surface area (Å²) in [5, 5.41) is 17.4. The van der Waals surface area contributed by atoms with Gasteiger partial charge in [-0.15, -0.1) is 0 Å². The third kappa shape index (κ3) is 4.14. The van der Waals surface area contributed by atoms with Gasteiger partial charge in [-0.1, -0.05) is 12.1 Å². The first-order valence-electron chi connectivity index (χ1n) is 8.49. The maximum atomic E-state index is 12.2. The molecular weight excluding hydrogens is 322 g/mol. The second-order valence-electron chi connectivity index (χ2n) is 6.49. The number of aliphatic hydroxyl groups is 1. The van der Waals surface area contributed by atoms with E-state index < -0.39 is 5.60 Å². The zero-order valence-electron chi connectivity index (χ0n) is 14.5. The maximum Gasteiger partial charge on any atom is 0.290 e. The van der Waals surface area contributed by atoms with Crippen molar-refractivity contribution in [3.8, 4) is 0 Å². The van der Waals surface area contributed by atoms with Crippen molar-refractivity contribution in [2.24, 2.45) is 0 Å². The fourth-order valence-corrected chi connectivity index (χ4v) is 2.98. The molecule has 25 heavy (non-hydrogen) atoms. The summed E-state index contributed by atoms with van der Waals surface area (Å²) in [5.74, 6) is 0.593. The predicted octanol–water partition coefficient (Wildman–Crippen LogP) is 1.10. The molecule has 8 nitrogen and oxygen atoms in total. The highest BCUT2D eigenvalue weighted by Crippen LogP contribution is 2.24. The fraction of sp³-hybridized carbons (Fsp3) is 0.529. The van der Waals surface area contributed by atoms with Crippen LogP contribution in [0, 0.1) is 6.92 Å². The largest absolute Gasteiger partial charge is 0.386 e. The van der Waals surface area contributed by atoms with E-state index in [9.17, 15) is 9.90 Å². The minimum atomic E-state index is -1.01. The van der Waals surface area contributed by atoms with Crippen molar-refractivity contribution in [1.29, 1.82) is 0 Å². The molecule has 1 saturated heterocycles. The Balaban J connectivity index is 1.62. The molecule has 1 amide bonds. The predicted molar refractivity (Wildman–Crippen MR) is 91.4 cm³/mol. The van der Waals surface area contributed by atoms with E-state index in [4.69, 9.17) is 4.52 Å². The zero-order valence-corrected chi connectivity index (χ0v) is 14.5. The summed E-state index contributed by atoms with van der Waals surface area (Å²) in [4.78, 5) is 22.6. The van der Waals surface area contributed by atoms with Crippen LogP contribution in [-0.2, 0) is 6.42 Å². The van der Waals surface area contributed by atoms with Crippen LogP contribution in [0.15, 0.2) is 23.0 Å². The molecule has 0 spiro atoms. The smallest absolute Gasteiger partial charge is 0.290 e. The molecule has 0 aromatic carbocycles. The SMILES string of the molecule is CCc1cc(C(=O)NC[C@]2(O)CCCN(c3cc(C)ncn3)C2)on1. The van der Waals surface area contributed by atoms with Gasteiger partial charge in [-0.05, 0) is 26.2 Å². The van der Waals surface area contributed by atoms with E-state index in [0.717, 1.165) is 30.2 Å². The Labute approximate surface area is 146 Å². The number of amides is 1. The first kappa shape index (κ1) is 17.3. The third-order valence-corrected chi connectivity index (χ3v) is 4.39. The molecule has 0 unspecified atom stereocenters. The number of anilines is 1. The fourth-order valence-electron chi connectivity index (χ4n) is 2.98. The number of aryl methyl sites for hydroxylation is 2. The molecule has 1 aliphatic rings. The van der Waals surface area contributed by atoms with Crippen LogP contribution in [0.4, 0.5) is 5.82 Å². The van der Waals surface area contributed by atoms with Crippen molar-refractivity contribution >= 4 is 11.7 Å². The van der Waals surface area contributed by atoms with Crippen molar-refractivity contribution in [3.05, 3.63) is 35.6 Å². The van der Waals surface area contributed by atoms with Gasteiger partial charge in [0.15, 0.2) is 0 Å². The van der Waals surface area contributed by atoms with Gasteiger partial charge in [-0.3, -0.25) is 4.79 Å². The average molecular weight is 345 g/mol. The Morgan fingerprint density at radius 2 is 2.28 bits per heavy atom. The molecular formula is C17H23N5O3. The summed E-state index contributed by atoms with van der Waals surface area (Å²) in [6.45, 7) is 5.21. The lowest BCUT2D eigenvalue weighted by molar-refractivity contribution is 0.0250. The molecule has 1 fully saturated rings. The molecule has 2 N–H and O–H groups in total. The number of piperidine rings is 1. The molecule has 0 aliphatic carbocycles. The number of nitrogens with one attached hydrogen (secondary N) is 1. The second kappa shape index (κ2) is 7.18. The minimum absolute atomic E-state index is 0.147. The van der Waals surface area contributed by atoms with Gasteiger partial charge in [0, 0.05) is 37.5 Å². The van der Waals surface area contributed by atoms with Crippen LogP contribution in [0.2, 0.25) is 0 Å². The molecule has 1 atom stereocenters. The quantitative estimate of drug-likeness (QED) is 0.836. The highest BCUT2D eigenvalue weighted by atomic mass is 16.5. The molecule has 3 rings (SSSR count). The summed E-state index contributed by atoms with van der Waals surface area (Å²) < 4.78 is 5.02. The number of aromatic nitrogens is 3. The Kier molecular flexibility index (Phi) is 4.98. The van der Waals surface area contributed by atoms with Gasteiger partial charge in [-0.25, -0.2) is 9.97 Å². The van der Waals surface area contributed by atoms with E-state index in [-0.39, 0.29) is 18.2 Å². The molecule has 134 valence electrons. The minimum Gasteiger partial charge on any atom is -0.386 e. The summed E-state index contributed by atoms with van der Waals surface area (Å²) in [6, 6.07) is 3.52. The van der Waals surface area contributed by atoms with Gasteiger partial charge in [0.1, 0.15) is 12.1 Å². The zero-order chi connectivity index (χ0) is 17.9. The van der Waals surface area contributed by atoms with Crippen molar-refractivity contribution in [2.45, 2.75) is 38.7 Å². The number of carbonyl (C=O) groups is 1. The topological polar surface area (TPSA) is 104 Å². The van der Waals surface area contributed by atoms with Gasteiger partial charge in [0.2, 0.25) is 5.76 Å². The van der Waals surface area contributed by atoms with Crippen LogP contribution in [0.3, 0.4) is 0 Å². The lowest BCUT2D eigenvalue weighted by Gasteiger charge is -2.39. The second-order valence-corrected chi connectivity index (χ2v) is 6.49. The molecule has 2 aromatic heterocycles. The van der Waals surface area contributed by atoms with Crippen LogP contribution < -0.4 is 10.2 Å². The van der Waals surface area contributed by atoms with E-state index in [1.807, 2.05) is 24.8 Å². The lowest BCUT2D eigenvalue weighted by atomic mass is 9.92. The summed E-state index contributed by atoms with van der Waals surface area (Å²) >= 11 is 0. The van der Waals surface area contributed by atoms with Crippen LogP contribution in [0.5, 0.6) is 0 Å². The van der Waals surface area contributed by atoms with E-state index in [1.54, 1.807) is 6.07 Å². The highest BCUT2D eigenvalue weighted by Gasteiger charge is 2.34. The normalized spacial score (nSPS) is 20.5. The van der Waals surface area contributed by atoms with E-state index in [0.29, 0.717) is 19.4 Å². The van der Waals surface area contributed by atoms with Gasteiger partial charge in [0.05, 0.1) is 11.3 Å². The van der Waals surface area contributed by atoms with E-state index in [2.05, 4.69) is 20.4 Å². The molecule has 8 heteroatoms. The monoisotopic (exact) mass is 345 g/mol. The third-order valence-electron chi connectivity index (χ3n) is 4.39. The van der Waals surface area contributed by atoms with Crippen LogP contribution in [-0.4, -0.2) is 51.4 Å². The van der Waals surface area contributed by atoms with Crippen molar-refractivity contribution in [3.63, 3.8) is 0 Å².